The number of carbonyl (C=O) groups is 4. The lowest BCUT2D eigenvalue weighted by Crippen LogP contribution is -2.27. The van der Waals surface area contributed by atoms with Gasteiger partial charge in [0.1, 0.15) is 10.8 Å². The molecule has 11 heteroatoms. The molecule has 0 fully saturated rings. The minimum absolute atomic E-state index is 0.0241. The predicted molar refractivity (Wildman–Crippen MR) is 96.4 cm³/mol. The molecule has 2 aromatic rings. The molecule has 0 unspecified atom stereocenters. The number of methoxy groups -OCH3 is 1. The number of carboxylic acid groups (broad SMARTS) is 2. The predicted octanol–water partition coefficient (Wildman–Crippen LogP) is 1.80. The highest BCUT2D eigenvalue weighted by molar-refractivity contribution is 7.16. The minimum Gasteiger partial charge on any atom is -0.497 e. The van der Waals surface area contributed by atoms with E-state index < -0.39 is 23.9 Å². The zero-order valence-electron chi connectivity index (χ0n) is 13.9. The number of hydrogen-bond donors (Lipinski definition) is 5. The number of rotatable bonds is 6. The van der Waals surface area contributed by atoms with E-state index in [0.29, 0.717) is 16.3 Å². The molecule has 2 rings (SSSR count). The second-order valence-electron chi connectivity index (χ2n) is 5.06. The van der Waals surface area contributed by atoms with E-state index in [1.165, 1.54) is 13.2 Å². The SMILES string of the molecule is COc1cccc(NC(=O)NCc2cc(C(=O)O)c(NC(=O)C(=O)O)s2)c1. The van der Waals surface area contributed by atoms with Gasteiger partial charge in [0, 0.05) is 16.6 Å². The Morgan fingerprint density at radius 3 is 2.48 bits per heavy atom. The number of thiophene rings is 1. The molecule has 27 heavy (non-hydrogen) atoms. The summed E-state index contributed by atoms with van der Waals surface area (Å²) >= 11 is 0.849. The first-order valence-electron chi connectivity index (χ1n) is 7.39. The fourth-order valence-electron chi connectivity index (χ4n) is 1.98. The van der Waals surface area contributed by atoms with Crippen molar-refractivity contribution in [3.63, 3.8) is 0 Å². The molecule has 0 saturated heterocycles. The zero-order valence-corrected chi connectivity index (χ0v) is 14.8. The van der Waals surface area contributed by atoms with Crippen LogP contribution in [0.1, 0.15) is 15.2 Å². The topological polar surface area (TPSA) is 154 Å². The summed E-state index contributed by atoms with van der Waals surface area (Å²) in [5.41, 5.74) is 0.235. The molecule has 1 aromatic carbocycles. The number of ether oxygens (including phenoxy) is 1. The van der Waals surface area contributed by atoms with E-state index >= 15 is 0 Å². The summed E-state index contributed by atoms with van der Waals surface area (Å²) in [5, 5.41) is 24.8. The molecule has 5 N–H and O–H groups in total. The van der Waals surface area contributed by atoms with Crippen LogP contribution in [0.3, 0.4) is 0 Å². The standard InChI is InChI=1S/C16H15N3O7S/c1-26-9-4-2-3-8(5-9)18-16(25)17-7-10-6-11(14(21)22)13(27-10)19-12(20)15(23)24/h2-6H,7H2,1H3,(H,19,20)(H,21,22)(H,23,24)(H2,17,18,25). The Hall–Kier alpha value is -3.60. The monoisotopic (exact) mass is 393 g/mol. The lowest BCUT2D eigenvalue weighted by Gasteiger charge is -2.08. The van der Waals surface area contributed by atoms with Gasteiger partial charge < -0.3 is 30.9 Å². The zero-order chi connectivity index (χ0) is 20.0. The summed E-state index contributed by atoms with van der Waals surface area (Å²) < 4.78 is 5.05. The van der Waals surface area contributed by atoms with Crippen LogP contribution in [0.15, 0.2) is 30.3 Å². The Kier molecular flexibility index (Phi) is 6.33. The van der Waals surface area contributed by atoms with Gasteiger partial charge in [-0.15, -0.1) is 11.3 Å². The fraction of sp³-hybridized carbons (Fsp3) is 0.125. The van der Waals surface area contributed by atoms with Crippen LogP contribution in [0, 0.1) is 0 Å². The molecule has 0 aliphatic heterocycles. The van der Waals surface area contributed by atoms with Crippen LogP contribution >= 0.6 is 11.3 Å². The van der Waals surface area contributed by atoms with Gasteiger partial charge in [-0.1, -0.05) is 6.07 Å². The van der Waals surface area contributed by atoms with Crippen molar-refractivity contribution in [3.05, 3.63) is 40.8 Å². The van der Waals surface area contributed by atoms with Crippen LogP contribution in [0.25, 0.3) is 0 Å². The lowest BCUT2D eigenvalue weighted by atomic mass is 10.3. The molecule has 10 nitrogen and oxygen atoms in total. The number of nitrogens with one attached hydrogen (secondary N) is 3. The van der Waals surface area contributed by atoms with E-state index in [4.69, 9.17) is 14.9 Å². The first-order valence-corrected chi connectivity index (χ1v) is 8.21. The number of amides is 3. The van der Waals surface area contributed by atoms with E-state index in [1.807, 2.05) is 5.32 Å². The minimum atomic E-state index is -1.74. The van der Waals surface area contributed by atoms with Crippen molar-refractivity contribution in [2.75, 3.05) is 17.7 Å². The molecule has 0 radical (unpaired) electrons. The molecule has 0 bridgehead atoms. The third kappa shape index (κ3) is 5.44. The van der Waals surface area contributed by atoms with Crippen molar-refractivity contribution in [3.8, 4) is 5.75 Å². The molecule has 0 spiro atoms. The van der Waals surface area contributed by atoms with E-state index in [0.717, 1.165) is 11.3 Å². The molecule has 142 valence electrons. The number of urea groups is 1. The van der Waals surface area contributed by atoms with Crippen molar-refractivity contribution < 1.29 is 34.1 Å². The van der Waals surface area contributed by atoms with Gasteiger partial charge in [-0.3, -0.25) is 4.79 Å². The van der Waals surface area contributed by atoms with Gasteiger partial charge in [-0.25, -0.2) is 14.4 Å². The van der Waals surface area contributed by atoms with Crippen LogP contribution in [-0.4, -0.2) is 41.2 Å². The van der Waals surface area contributed by atoms with E-state index in [9.17, 15) is 19.2 Å². The molecule has 3 amide bonds. The Morgan fingerprint density at radius 2 is 1.85 bits per heavy atom. The number of aliphatic carboxylic acids is 1. The Labute approximate surface area is 156 Å². The van der Waals surface area contributed by atoms with Crippen molar-refractivity contribution >= 4 is 45.9 Å². The summed E-state index contributed by atoms with van der Waals surface area (Å²) in [6.07, 6.45) is 0. The van der Waals surface area contributed by atoms with Gasteiger partial charge in [0.15, 0.2) is 0 Å². The third-order valence-electron chi connectivity index (χ3n) is 3.19. The second-order valence-corrected chi connectivity index (χ2v) is 6.20. The summed E-state index contributed by atoms with van der Waals surface area (Å²) in [7, 11) is 1.50. The summed E-state index contributed by atoms with van der Waals surface area (Å²) in [4.78, 5) is 45.4. The first kappa shape index (κ1) is 19.7. The highest BCUT2D eigenvalue weighted by atomic mass is 32.1. The maximum Gasteiger partial charge on any atom is 0.394 e. The Bertz CT molecular complexity index is 894. The van der Waals surface area contributed by atoms with Crippen LogP contribution in [0.4, 0.5) is 15.5 Å². The van der Waals surface area contributed by atoms with E-state index in [1.54, 1.807) is 24.3 Å². The van der Waals surface area contributed by atoms with Gasteiger partial charge >= 0.3 is 23.9 Å². The van der Waals surface area contributed by atoms with Gasteiger partial charge in [-0.05, 0) is 18.2 Å². The highest BCUT2D eigenvalue weighted by Crippen LogP contribution is 2.28. The fourth-order valence-corrected chi connectivity index (χ4v) is 2.96. The number of carbonyl (C=O) groups excluding carboxylic acids is 2. The van der Waals surface area contributed by atoms with Crippen LogP contribution in [-0.2, 0) is 16.1 Å². The highest BCUT2D eigenvalue weighted by Gasteiger charge is 2.20. The molecule has 0 aliphatic carbocycles. The van der Waals surface area contributed by atoms with Crippen molar-refractivity contribution in [2.45, 2.75) is 6.54 Å². The number of aromatic carboxylic acids is 1. The van der Waals surface area contributed by atoms with Crippen molar-refractivity contribution in [1.82, 2.24) is 5.32 Å². The first-order chi connectivity index (χ1) is 12.8. The second kappa shape index (κ2) is 8.67. The molecule has 0 saturated carbocycles. The van der Waals surface area contributed by atoms with Crippen molar-refractivity contribution in [2.24, 2.45) is 0 Å². The number of carboxylic acids is 2. The number of benzene rings is 1. The van der Waals surface area contributed by atoms with Crippen LogP contribution in [0.2, 0.25) is 0 Å². The van der Waals surface area contributed by atoms with E-state index in [-0.39, 0.29) is 17.1 Å². The van der Waals surface area contributed by atoms with Gasteiger partial charge in [0.2, 0.25) is 0 Å². The number of anilines is 2. The average molecular weight is 393 g/mol. The van der Waals surface area contributed by atoms with E-state index in [2.05, 4.69) is 10.6 Å². The van der Waals surface area contributed by atoms with Gasteiger partial charge in [-0.2, -0.15) is 0 Å². The molecule has 1 aromatic heterocycles. The largest absolute Gasteiger partial charge is 0.497 e. The maximum atomic E-state index is 12.0. The number of hydrogen-bond acceptors (Lipinski definition) is 6. The summed E-state index contributed by atoms with van der Waals surface area (Å²) in [6, 6.07) is 7.40. The quantitative estimate of drug-likeness (QED) is 0.469. The third-order valence-corrected chi connectivity index (χ3v) is 4.24. The molecule has 1 heterocycles. The lowest BCUT2D eigenvalue weighted by molar-refractivity contribution is -0.147. The summed E-state index contributed by atoms with van der Waals surface area (Å²) in [6.45, 7) is -0.0241. The normalized spacial score (nSPS) is 9.96. The van der Waals surface area contributed by atoms with Gasteiger partial charge in [0.25, 0.3) is 0 Å². The molecular formula is C16H15N3O7S. The molecule has 0 aliphatic rings. The van der Waals surface area contributed by atoms with Gasteiger partial charge in [0.05, 0.1) is 19.2 Å². The Morgan fingerprint density at radius 1 is 1.11 bits per heavy atom. The maximum absolute atomic E-state index is 12.0. The smallest absolute Gasteiger partial charge is 0.394 e. The Balaban J connectivity index is 2.02. The average Bonchev–Trinajstić information content (AvgIpc) is 3.03. The van der Waals surface area contributed by atoms with Crippen LogP contribution < -0.4 is 20.7 Å². The molecule has 0 atom stereocenters. The van der Waals surface area contributed by atoms with Crippen molar-refractivity contribution in [1.29, 1.82) is 0 Å². The van der Waals surface area contributed by atoms with Crippen LogP contribution in [0.5, 0.6) is 5.75 Å². The summed E-state index contributed by atoms with van der Waals surface area (Å²) in [5.74, 6) is -3.86. The molecular weight excluding hydrogens is 378 g/mol.